The van der Waals surface area contributed by atoms with E-state index in [9.17, 15) is 13.2 Å². The summed E-state index contributed by atoms with van der Waals surface area (Å²) in [5, 5.41) is 21.4. The van der Waals surface area contributed by atoms with Gasteiger partial charge in [-0.15, -0.1) is 15.3 Å². The average molecular weight is 438 g/mol. The third kappa shape index (κ3) is 2.85. The van der Waals surface area contributed by atoms with E-state index in [4.69, 9.17) is 4.74 Å². The van der Waals surface area contributed by atoms with Crippen molar-refractivity contribution in [3.8, 4) is 17.1 Å². The quantitative estimate of drug-likeness (QED) is 0.415. The summed E-state index contributed by atoms with van der Waals surface area (Å²) in [6, 6.07) is 9.43. The molecule has 0 amide bonds. The van der Waals surface area contributed by atoms with Crippen LogP contribution in [0.1, 0.15) is 5.56 Å². The molecule has 156 valence electrons. The molecule has 0 aliphatic heterocycles. The molecule has 13 heteroatoms. The van der Waals surface area contributed by atoms with Crippen LogP contribution >= 0.6 is 0 Å². The first-order valence-corrected chi connectivity index (χ1v) is 10.4. The number of aromatic amines is 2. The normalized spacial score (nSPS) is 11.9. The van der Waals surface area contributed by atoms with Crippen molar-refractivity contribution >= 4 is 26.4 Å². The van der Waals surface area contributed by atoms with Gasteiger partial charge in [0.1, 0.15) is 5.75 Å². The van der Waals surface area contributed by atoms with Gasteiger partial charge >= 0.3 is 0 Å². The molecule has 0 unspecified atom stereocenters. The Bertz CT molecular complexity index is 1620. The lowest BCUT2D eigenvalue weighted by molar-refractivity contribution is 0.415. The second-order valence-corrected chi connectivity index (χ2v) is 8.54. The van der Waals surface area contributed by atoms with E-state index >= 15 is 0 Å². The van der Waals surface area contributed by atoms with Crippen molar-refractivity contribution in [2.45, 2.75) is 16.8 Å². The molecule has 0 aliphatic carbocycles. The Hall–Kier alpha value is -4.13. The number of aryl methyl sites for hydroxylation is 1. The van der Waals surface area contributed by atoms with Crippen LogP contribution in [0.3, 0.4) is 0 Å². The van der Waals surface area contributed by atoms with Crippen LogP contribution in [0.2, 0.25) is 0 Å². The number of hydrogen-bond donors (Lipinski definition) is 2. The Morgan fingerprint density at radius 1 is 1.10 bits per heavy atom. The Kier molecular flexibility index (Phi) is 4.08. The Balaban J connectivity index is 1.71. The van der Waals surface area contributed by atoms with E-state index in [-0.39, 0.29) is 15.6 Å². The minimum absolute atomic E-state index is 0.0220. The van der Waals surface area contributed by atoms with Crippen molar-refractivity contribution in [2.75, 3.05) is 7.11 Å². The SMILES string of the molecule is COc1ccc2c(=O)[nH]c3c(S(=O)(=O)c4ccc(-c5nn[nH]n5)cc4C)nnn3c2c1. The van der Waals surface area contributed by atoms with E-state index in [1.807, 2.05) is 0 Å². The average Bonchev–Trinajstić information content (AvgIpc) is 3.43. The highest BCUT2D eigenvalue weighted by molar-refractivity contribution is 7.91. The first-order chi connectivity index (χ1) is 14.9. The zero-order valence-corrected chi connectivity index (χ0v) is 17.0. The van der Waals surface area contributed by atoms with Crippen LogP contribution in [0, 0.1) is 6.92 Å². The number of rotatable bonds is 4. The molecule has 3 aromatic heterocycles. The number of fused-ring (bicyclic) bond motifs is 3. The van der Waals surface area contributed by atoms with Crippen molar-refractivity contribution < 1.29 is 13.2 Å². The molecule has 0 atom stereocenters. The molecule has 2 aromatic carbocycles. The van der Waals surface area contributed by atoms with Crippen molar-refractivity contribution in [1.82, 2.24) is 40.4 Å². The molecule has 0 spiro atoms. The summed E-state index contributed by atoms with van der Waals surface area (Å²) in [5.41, 5.74) is 0.925. The van der Waals surface area contributed by atoms with E-state index in [0.29, 0.717) is 33.6 Å². The number of ether oxygens (including phenoxy) is 1. The maximum atomic E-state index is 13.4. The van der Waals surface area contributed by atoms with E-state index in [1.165, 1.54) is 17.7 Å². The monoisotopic (exact) mass is 438 g/mol. The lowest BCUT2D eigenvalue weighted by Crippen LogP contribution is -2.12. The third-order valence-corrected chi connectivity index (χ3v) is 6.69. The second-order valence-electron chi connectivity index (χ2n) is 6.71. The van der Waals surface area contributed by atoms with Gasteiger partial charge in [-0.3, -0.25) is 4.79 Å². The Labute approximate surface area is 173 Å². The van der Waals surface area contributed by atoms with Gasteiger partial charge in [0.15, 0.2) is 5.65 Å². The fourth-order valence-electron chi connectivity index (χ4n) is 3.38. The predicted octanol–water partition coefficient (Wildman–Crippen LogP) is 0.901. The van der Waals surface area contributed by atoms with Crippen LogP contribution in [0.25, 0.3) is 27.9 Å². The van der Waals surface area contributed by atoms with Gasteiger partial charge in [-0.05, 0) is 48.0 Å². The van der Waals surface area contributed by atoms with Crippen LogP contribution in [0.15, 0.2) is 51.1 Å². The smallest absolute Gasteiger partial charge is 0.259 e. The number of nitrogens with zero attached hydrogens (tertiary/aromatic N) is 6. The molecule has 0 saturated heterocycles. The molecule has 5 aromatic rings. The summed E-state index contributed by atoms with van der Waals surface area (Å²) in [5.74, 6) is 0.832. The van der Waals surface area contributed by atoms with Crippen molar-refractivity contribution in [3.05, 3.63) is 52.3 Å². The van der Waals surface area contributed by atoms with E-state index in [0.717, 1.165) is 0 Å². The predicted molar refractivity (Wildman–Crippen MR) is 107 cm³/mol. The highest BCUT2D eigenvalue weighted by Crippen LogP contribution is 2.28. The number of tetrazole rings is 1. The summed E-state index contributed by atoms with van der Waals surface area (Å²) >= 11 is 0. The van der Waals surface area contributed by atoms with E-state index < -0.39 is 15.4 Å². The minimum atomic E-state index is -4.10. The highest BCUT2D eigenvalue weighted by atomic mass is 32.2. The Morgan fingerprint density at radius 3 is 2.65 bits per heavy atom. The lowest BCUT2D eigenvalue weighted by Gasteiger charge is -2.07. The molecule has 12 nitrogen and oxygen atoms in total. The molecule has 5 rings (SSSR count). The number of sulfone groups is 1. The van der Waals surface area contributed by atoms with Crippen LogP contribution < -0.4 is 10.3 Å². The van der Waals surface area contributed by atoms with Gasteiger partial charge in [0, 0.05) is 11.6 Å². The van der Waals surface area contributed by atoms with Crippen molar-refractivity contribution in [2.24, 2.45) is 0 Å². The largest absolute Gasteiger partial charge is 0.497 e. The maximum absolute atomic E-state index is 13.4. The number of H-pyrrole nitrogens is 2. The molecule has 2 N–H and O–H groups in total. The fourth-order valence-corrected chi connectivity index (χ4v) is 4.86. The summed E-state index contributed by atoms with van der Waals surface area (Å²) in [4.78, 5) is 15.2. The maximum Gasteiger partial charge on any atom is 0.259 e. The van der Waals surface area contributed by atoms with Gasteiger partial charge in [-0.2, -0.15) is 9.73 Å². The number of aromatic nitrogens is 8. The van der Waals surface area contributed by atoms with Gasteiger partial charge in [-0.25, -0.2) is 8.42 Å². The van der Waals surface area contributed by atoms with Crippen LogP contribution in [0.4, 0.5) is 0 Å². The summed E-state index contributed by atoms with van der Waals surface area (Å²) in [6.45, 7) is 1.64. The van der Waals surface area contributed by atoms with E-state index in [2.05, 4.69) is 35.9 Å². The van der Waals surface area contributed by atoms with Crippen LogP contribution in [0.5, 0.6) is 5.75 Å². The first kappa shape index (κ1) is 18.9. The summed E-state index contributed by atoms with van der Waals surface area (Å²) in [7, 11) is -2.61. The second kappa shape index (κ2) is 6.70. The zero-order chi connectivity index (χ0) is 21.8. The summed E-state index contributed by atoms with van der Waals surface area (Å²) in [6.07, 6.45) is 0. The molecule has 0 fully saturated rings. The van der Waals surface area contributed by atoms with Crippen molar-refractivity contribution in [1.29, 1.82) is 0 Å². The fraction of sp³-hybridized carbons (Fsp3) is 0.111. The molecule has 3 heterocycles. The van der Waals surface area contributed by atoms with Crippen LogP contribution in [-0.4, -0.2) is 56.0 Å². The van der Waals surface area contributed by atoms with Crippen LogP contribution in [-0.2, 0) is 9.84 Å². The molecule has 31 heavy (non-hydrogen) atoms. The van der Waals surface area contributed by atoms with Crippen molar-refractivity contribution in [3.63, 3.8) is 0 Å². The van der Waals surface area contributed by atoms with Gasteiger partial charge in [0.05, 0.1) is 22.9 Å². The van der Waals surface area contributed by atoms with Gasteiger partial charge < -0.3 is 9.72 Å². The third-order valence-electron chi connectivity index (χ3n) is 4.87. The number of nitrogens with one attached hydrogen (secondary N) is 2. The first-order valence-electron chi connectivity index (χ1n) is 8.95. The van der Waals surface area contributed by atoms with E-state index in [1.54, 1.807) is 37.3 Å². The van der Waals surface area contributed by atoms with Gasteiger partial charge in [0.2, 0.25) is 20.7 Å². The topological polar surface area (TPSA) is 161 Å². The standard InChI is InChI=1S/C18H14N8O4S/c1-9-7-10(15-20-23-24-21-15)3-6-14(9)31(28,29)18-16-19-17(27)12-5-4-11(30-2)8-13(12)26(16)25-22-18/h3-8H,1-2H3,(H,19,27)(H,20,21,23,24). The Morgan fingerprint density at radius 2 is 1.94 bits per heavy atom. The zero-order valence-electron chi connectivity index (χ0n) is 16.2. The molecule has 0 aliphatic rings. The molecule has 0 saturated carbocycles. The lowest BCUT2D eigenvalue weighted by atomic mass is 10.1. The summed E-state index contributed by atoms with van der Waals surface area (Å²) < 4.78 is 33.2. The van der Waals surface area contributed by atoms with Gasteiger partial charge in [-0.1, -0.05) is 5.21 Å². The number of benzene rings is 2. The minimum Gasteiger partial charge on any atom is -0.497 e. The van der Waals surface area contributed by atoms with Gasteiger partial charge in [0.25, 0.3) is 5.56 Å². The number of hydrogen-bond acceptors (Lipinski definition) is 9. The molecule has 0 radical (unpaired) electrons. The molecular weight excluding hydrogens is 424 g/mol. The molecular formula is C18H14N8O4S. The highest BCUT2D eigenvalue weighted by Gasteiger charge is 2.28. The number of methoxy groups -OCH3 is 1. The molecule has 0 bridgehead atoms.